The van der Waals surface area contributed by atoms with Gasteiger partial charge in [0.2, 0.25) is 5.95 Å². The monoisotopic (exact) mass is 374 g/mol. The van der Waals surface area contributed by atoms with Gasteiger partial charge in [-0.15, -0.1) is 10.2 Å². The second kappa shape index (κ2) is 8.07. The summed E-state index contributed by atoms with van der Waals surface area (Å²) in [5, 5.41) is 9.09. The summed E-state index contributed by atoms with van der Waals surface area (Å²) in [4.78, 5) is 7.16. The highest BCUT2D eigenvalue weighted by molar-refractivity contribution is 5.78. The second-order valence-corrected chi connectivity index (χ2v) is 7.46. The molecule has 4 rings (SSSR count). The number of benzene rings is 2. The van der Waals surface area contributed by atoms with Crippen LogP contribution in [0.4, 0.5) is 5.95 Å². The SMILES string of the molecule is COC1CCN(c2nnc(-c3ccc(C)cc3)c(-c3ccc(C)cc3)n2)CC1. The maximum atomic E-state index is 5.48. The van der Waals surface area contributed by atoms with Crippen molar-refractivity contribution in [3.63, 3.8) is 0 Å². The van der Waals surface area contributed by atoms with Crippen LogP contribution in [-0.4, -0.2) is 41.5 Å². The third-order valence-corrected chi connectivity index (χ3v) is 5.38. The van der Waals surface area contributed by atoms with Gasteiger partial charge in [0, 0.05) is 31.3 Å². The molecular formula is C23H26N4O. The number of anilines is 1. The highest BCUT2D eigenvalue weighted by atomic mass is 16.5. The van der Waals surface area contributed by atoms with E-state index in [0.29, 0.717) is 12.1 Å². The van der Waals surface area contributed by atoms with E-state index in [4.69, 9.17) is 9.72 Å². The van der Waals surface area contributed by atoms with E-state index >= 15 is 0 Å². The van der Waals surface area contributed by atoms with Crippen LogP contribution >= 0.6 is 0 Å². The van der Waals surface area contributed by atoms with Crippen molar-refractivity contribution >= 4 is 5.95 Å². The van der Waals surface area contributed by atoms with E-state index in [2.05, 4.69) is 77.5 Å². The molecule has 0 N–H and O–H groups in total. The summed E-state index contributed by atoms with van der Waals surface area (Å²) in [6.07, 6.45) is 2.30. The highest BCUT2D eigenvalue weighted by Crippen LogP contribution is 2.30. The summed E-state index contributed by atoms with van der Waals surface area (Å²) in [6, 6.07) is 16.8. The van der Waals surface area contributed by atoms with E-state index in [1.807, 2.05) is 0 Å². The van der Waals surface area contributed by atoms with Gasteiger partial charge >= 0.3 is 0 Å². The first kappa shape index (κ1) is 18.6. The molecule has 144 valence electrons. The summed E-state index contributed by atoms with van der Waals surface area (Å²) in [5.74, 6) is 0.695. The Kier molecular flexibility index (Phi) is 5.35. The smallest absolute Gasteiger partial charge is 0.245 e. The lowest BCUT2D eigenvalue weighted by molar-refractivity contribution is 0.0816. The van der Waals surface area contributed by atoms with E-state index in [1.54, 1.807) is 7.11 Å². The summed E-state index contributed by atoms with van der Waals surface area (Å²) >= 11 is 0. The Morgan fingerprint density at radius 2 is 1.32 bits per heavy atom. The van der Waals surface area contributed by atoms with Crippen LogP contribution in [0.15, 0.2) is 48.5 Å². The zero-order valence-corrected chi connectivity index (χ0v) is 16.7. The van der Waals surface area contributed by atoms with E-state index in [0.717, 1.165) is 48.4 Å². The van der Waals surface area contributed by atoms with Crippen molar-refractivity contribution in [3.8, 4) is 22.5 Å². The molecule has 0 atom stereocenters. The van der Waals surface area contributed by atoms with Gasteiger partial charge in [-0.25, -0.2) is 4.98 Å². The van der Waals surface area contributed by atoms with Crippen LogP contribution in [0.25, 0.3) is 22.5 Å². The van der Waals surface area contributed by atoms with Crippen LogP contribution in [0, 0.1) is 13.8 Å². The fourth-order valence-corrected chi connectivity index (χ4v) is 3.56. The van der Waals surface area contributed by atoms with Gasteiger partial charge < -0.3 is 9.64 Å². The molecule has 5 heteroatoms. The van der Waals surface area contributed by atoms with Crippen LogP contribution in [0.3, 0.4) is 0 Å². The predicted molar refractivity (Wildman–Crippen MR) is 112 cm³/mol. The van der Waals surface area contributed by atoms with Gasteiger partial charge in [-0.2, -0.15) is 0 Å². The minimum Gasteiger partial charge on any atom is -0.381 e. The number of nitrogens with zero attached hydrogens (tertiary/aromatic N) is 4. The van der Waals surface area contributed by atoms with Crippen LogP contribution in [0.5, 0.6) is 0 Å². The number of aryl methyl sites for hydroxylation is 2. The number of piperidine rings is 1. The fraction of sp³-hybridized carbons (Fsp3) is 0.348. The molecule has 0 aliphatic carbocycles. The Bertz CT molecular complexity index is 930. The van der Waals surface area contributed by atoms with Crippen molar-refractivity contribution in [3.05, 3.63) is 59.7 Å². The summed E-state index contributed by atoms with van der Waals surface area (Å²) < 4.78 is 5.48. The van der Waals surface area contributed by atoms with Gasteiger partial charge in [-0.1, -0.05) is 59.7 Å². The Balaban J connectivity index is 1.74. The second-order valence-electron chi connectivity index (χ2n) is 7.46. The summed E-state index contributed by atoms with van der Waals surface area (Å²) in [5.41, 5.74) is 6.24. The van der Waals surface area contributed by atoms with Crippen molar-refractivity contribution in [2.45, 2.75) is 32.8 Å². The van der Waals surface area contributed by atoms with Gasteiger partial charge in [-0.05, 0) is 26.7 Å². The molecule has 1 aliphatic rings. The minimum absolute atomic E-state index is 0.326. The Hall–Kier alpha value is -2.79. The van der Waals surface area contributed by atoms with Crippen molar-refractivity contribution in [1.29, 1.82) is 0 Å². The van der Waals surface area contributed by atoms with E-state index in [9.17, 15) is 0 Å². The minimum atomic E-state index is 0.326. The third-order valence-electron chi connectivity index (χ3n) is 5.38. The topological polar surface area (TPSA) is 51.1 Å². The van der Waals surface area contributed by atoms with Crippen LogP contribution in [0.2, 0.25) is 0 Å². The quantitative estimate of drug-likeness (QED) is 0.676. The molecule has 2 aromatic carbocycles. The molecule has 5 nitrogen and oxygen atoms in total. The van der Waals surface area contributed by atoms with E-state index in [1.165, 1.54) is 11.1 Å². The molecule has 0 amide bonds. The van der Waals surface area contributed by atoms with Crippen LogP contribution < -0.4 is 4.90 Å². The molecule has 0 unspecified atom stereocenters. The predicted octanol–water partition coefficient (Wildman–Crippen LogP) is 4.44. The van der Waals surface area contributed by atoms with Crippen LogP contribution in [-0.2, 0) is 4.74 Å². The van der Waals surface area contributed by atoms with Gasteiger partial charge in [0.25, 0.3) is 0 Å². The summed E-state index contributed by atoms with van der Waals surface area (Å²) in [6.45, 7) is 5.95. The van der Waals surface area contributed by atoms with Gasteiger partial charge in [-0.3, -0.25) is 0 Å². The molecule has 1 aromatic heterocycles. The zero-order valence-electron chi connectivity index (χ0n) is 16.7. The highest BCUT2D eigenvalue weighted by Gasteiger charge is 2.22. The average molecular weight is 374 g/mol. The Morgan fingerprint density at radius 3 is 1.86 bits per heavy atom. The molecule has 28 heavy (non-hydrogen) atoms. The summed E-state index contributed by atoms with van der Waals surface area (Å²) in [7, 11) is 1.78. The van der Waals surface area contributed by atoms with Gasteiger partial charge in [0.05, 0.1) is 6.10 Å². The van der Waals surface area contributed by atoms with Crippen molar-refractivity contribution in [1.82, 2.24) is 15.2 Å². The Labute approximate surface area is 166 Å². The molecule has 0 radical (unpaired) electrons. The van der Waals surface area contributed by atoms with Gasteiger partial charge in [0.1, 0.15) is 11.4 Å². The molecule has 1 fully saturated rings. The largest absolute Gasteiger partial charge is 0.381 e. The number of hydrogen-bond donors (Lipinski definition) is 0. The molecule has 0 bridgehead atoms. The lowest BCUT2D eigenvalue weighted by atomic mass is 10.0. The molecular weight excluding hydrogens is 348 g/mol. The normalized spacial score (nSPS) is 15.0. The maximum absolute atomic E-state index is 5.48. The molecule has 3 aromatic rings. The fourth-order valence-electron chi connectivity index (χ4n) is 3.56. The molecule has 1 aliphatic heterocycles. The first-order valence-electron chi connectivity index (χ1n) is 9.80. The number of aromatic nitrogens is 3. The number of hydrogen-bond acceptors (Lipinski definition) is 5. The first-order chi connectivity index (χ1) is 13.6. The molecule has 1 saturated heterocycles. The maximum Gasteiger partial charge on any atom is 0.245 e. The lowest BCUT2D eigenvalue weighted by Crippen LogP contribution is -2.37. The molecule has 2 heterocycles. The van der Waals surface area contributed by atoms with Crippen LogP contribution in [0.1, 0.15) is 24.0 Å². The lowest BCUT2D eigenvalue weighted by Gasteiger charge is -2.31. The first-order valence-corrected chi connectivity index (χ1v) is 9.80. The van der Waals surface area contributed by atoms with Crippen molar-refractivity contribution in [2.75, 3.05) is 25.1 Å². The van der Waals surface area contributed by atoms with E-state index in [-0.39, 0.29) is 0 Å². The van der Waals surface area contributed by atoms with Gasteiger partial charge in [0.15, 0.2) is 0 Å². The molecule has 0 spiro atoms. The average Bonchev–Trinajstić information content (AvgIpc) is 2.75. The number of methoxy groups -OCH3 is 1. The van der Waals surface area contributed by atoms with Crippen molar-refractivity contribution < 1.29 is 4.74 Å². The van der Waals surface area contributed by atoms with E-state index < -0.39 is 0 Å². The number of ether oxygens (including phenoxy) is 1. The number of rotatable bonds is 4. The zero-order chi connectivity index (χ0) is 19.5. The Morgan fingerprint density at radius 1 is 0.786 bits per heavy atom. The third kappa shape index (κ3) is 3.90. The standard InChI is InChI=1S/C23H26N4O/c1-16-4-8-18(9-5-16)21-22(19-10-6-17(2)7-11-19)25-26-23(24-21)27-14-12-20(28-3)13-15-27/h4-11,20H,12-15H2,1-3H3. The molecule has 0 saturated carbocycles. The van der Waals surface area contributed by atoms with Crippen molar-refractivity contribution in [2.24, 2.45) is 0 Å².